The highest BCUT2D eigenvalue weighted by molar-refractivity contribution is 5.94. The lowest BCUT2D eigenvalue weighted by molar-refractivity contribution is -0.347. The number of esters is 3. The number of Topliss-reactive ketones (excluding diaryl/α,β-unsaturated/α-hetero) is 1. The normalized spacial score (nSPS) is 32.7. The summed E-state index contributed by atoms with van der Waals surface area (Å²) in [6, 6.07) is 14.8. The molecule has 2 aromatic rings. The minimum atomic E-state index is -2.31. The lowest BCUT2D eigenvalue weighted by atomic mass is 9.44. The summed E-state index contributed by atoms with van der Waals surface area (Å²) < 4.78 is 67.1. The van der Waals surface area contributed by atoms with Crippen molar-refractivity contribution in [2.75, 3.05) is 34.0 Å². The van der Waals surface area contributed by atoms with Crippen molar-refractivity contribution in [3.8, 4) is 0 Å². The Morgan fingerprint density at radius 3 is 2.16 bits per heavy atom. The second kappa shape index (κ2) is 20.9. The fourth-order valence-electron chi connectivity index (χ4n) is 12.5. The van der Waals surface area contributed by atoms with Gasteiger partial charge in [-0.15, -0.1) is 0 Å². The molecule has 2 N–H and O–H groups in total. The predicted octanol–water partition coefficient (Wildman–Crippen LogP) is 6.80. The number of hydrogen-bond donors (Lipinski definition) is 2. The van der Waals surface area contributed by atoms with Gasteiger partial charge in [0.05, 0.1) is 36.2 Å². The van der Waals surface area contributed by atoms with Gasteiger partial charge in [0, 0.05) is 52.2 Å². The van der Waals surface area contributed by atoms with Crippen molar-refractivity contribution >= 4 is 35.9 Å². The number of fused-ring (bicyclic) bond motifs is 5. The summed E-state index contributed by atoms with van der Waals surface area (Å²) in [6.45, 7) is 12.4. The van der Waals surface area contributed by atoms with Gasteiger partial charge in [-0.3, -0.25) is 9.59 Å². The summed E-state index contributed by atoms with van der Waals surface area (Å²) in [5.74, 6) is -5.48. The molecule has 404 valence electrons. The average Bonchev–Trinajstić information content (AvgIpc) is 3.74. The second-order valence-electron chi connectivity index (χ2n) is 22.2. The van der Waals surface area contributed by atoms with Gasteiger partial charge in [-0.1, -0.05) is 68.8 Å². The van der Waals surface area contributed by atoms with Gasteiger partial charge in [0.2, 0.25) is 6.10 Å². The van der Waals surface area contributed by atoms with E-state index in [1.54, 1.807) is 97.0 Å². The monoisotopic (exact) mass is 1030 g/mol. The van der Waals surface area contributed by atoms with Crippen molar-refractivity contribution in [1.29, 1.82) is 0 Å². The maximum Gasteiger partial charge on any atom is 0.509 e. The third kappa shape index (κ3) is 10.1. The first-order valence-electron chi connectivity index (χ1n) is 25.4. The van der Waals surface area contributed by atoms with Crippen molar-refractivity contribution in [3.63, 3.8) is 0 Å². The minimum Gasteiger partial charge on any atom is -0.455 e. The molecule has 2 aromatic carbocycles. The van der Waals surface area contributed by atoms with Crippen LogP contribution in [-0.2, 0) is 66.5 Å². The minimum absolute atomic E-state index is 0.0877. The van der Waals surface area contributed by atoms with Gasteiger partial charge in [-0.25, -0.2) is 19.2 Å². The largest absolute Gasteiger partial charge is 0.509 e. The number of amides is 1. The van der Waals surface area contributed by atoms with Gasteiger partial charge in [0.15, 0.2) is 17.2 Å². The van der Waals surface area contributed by atoms with Crippen LogP contribution in [0, 0.1) is 16.7 Å². The van der Waals surface area contributed by atoms with E-state index in [0.29, 0.717) is 24.0 Å². The first-order chi connectivity index (χ1) is 34.9. The number of alkyl carbamates (subject to hydrolysis) is 1. The first-order valence-corrected chi connectivity index (χ1v) is 25.4. The average molecular weight is 1030 g/mol. The van der Waals surface area contributed by atoms with Crippen molar-refractivity contribution in [2.24, 2.45) is 16.7 Å². The molecule has 1 spiro atoms. The molecular weight excluding hydrogens is 963 g/mol. The molecule has 3 saturated carbocycles. The molecule has 2 saturated heterocycles. The van der Waals surface area contributed by atoms with Crippen LogP contribution >= 0.6 is 0 Å². The first kappa shape index (κ1) is 54.8. The van der Waals surface area contributed by atoms with E-state index in [1.807, 2.05) is 0 Å². The van der Waals surface area contributed by atoms with Crippen LogP contribution in [0.1, 0.15) is 122 Å². The molecule has 2 bridgehead atoms. The van der Waals surface area contributed by atoms with E-state index in [0.717, 1.165) is 19.3 Å². The van der Waals surface area contributed by atoms with Gasteiger partial charge in [0.25, 0.3) is 0 Å². The molecule has 2 aliphatic heterocycles. The zero-order valence-corrected chi connectivity index (χ0v) is 43.9. The molecule has 2 unspecified atom stereocenters. The highest BCUT2D eigenvalue weighted by Crippen LogP contribution is 2.65. The SMILES string of the molecule is CO[C@H]1C(=O)[C@@]2(C)C([C@H](OC(=O)c3ccccc3)C3(O)C[C@H](OC(=O)[C@H](OC(=O)OC[C@H]4COC5(CCCCC5)O4)[C@@H](NC(=O)OC(C)(C)C)c4ccccc4)C(C)=C1C3(C)C)[C@]1(OC(C)=O)CO[C@@H]1C[C@@H]2OC. The molecule has 1 amide bonds. The molecule has 4 aliphatic carbocycles. The number of ether oxygens (including phenoxy) is 11. The number of rotatable bonds is 13. The molecule has 0 radical (unpaired) electrons. The standard InChI is InChI=1S/C55H71NO18/c1-31-36(69-47(60)42(40(33-20-14-11-15-21-33)56-48(61)74-50(3,4)5)70-49(62)66-28-35-29-68-53(73-35)24-18-13-19-25-53)27-55(63)45(71-46(59)34-22-16-12-17-23-34)43-52(8,44(58)41(65-10)39(31)51(55,6)7)37(64-9)26-38-54(43,30-67-38)72-32(2)57/h11-12,14-17,20-23,35-38,40-43,45,63H,13,18-19,24-30H2,1-10H3,(H,56,61)/t35-,36-,37-,38+,40-,41+,42+,43?,45-,52+,54-,55?/m0/s1. The Morgan fingerprint density at radius 2 is 1.57 bits per heavy atom. The second-order valence-corrected chi connectivity index (χ2v) is 22.2. The van der Waals surface area contributed by atoms with E-state index in [-0.39, 0.29) is 37.4 Å². The number of carbonyl (C=O) groups excluding carboxylic acids is 6. The third-order valence-corrected chi connectivity index (χ3v) is 16.2. The van der Waals surface area contributed by atoms with E-state index in [4.69, 9.17) is 52.1 Å². The van der Waals surface area contributed by atoms with E-state index in [1.165, 1.54) is 33.3 Å². The van der Waals surface area contributed by atoms with Crippen molar-refractivity contribution in [1.82, 2.24) is 5.32 Å². The predicted molar refractivity (Wildman–Crippen MR) is 260 cm³/mol. The van der Waals surface area contributed by atoms with Crippen LogP contribution in [0.2, 0.25) is 0 Å². The molecule has 12 atom stereocenters. The fourth-order valence-corrected chi connectivity index (χ4v) is 12.5. The lowest BCUT2D eigenvalue weighted by Crippen LogP contribution is -2.82. The Hall–Kier alpha value is -5.44. The van der Waals surface area contributed by atoms with Crippen molar-refractivity contribution in [3.05, 3.63) is 82.9 Å². The van der Waals surface area contributed by atoms with E-state index in [9.17, 15) is 24.3 Å². The zero-order valence-electron chi connectivity index (χ0n) is 43.9. The number of aliphatic hydroxyl groups is 1. The Bertz CT molecular complexity index is 2470. The number of methoxy groups -OCH3 is 2. The maximum atomic E-state index is 15.9. The van der Waals surface area contributed by atoms with Crippen LogP contribution < -0.4 is 5.32 Å². The van der Waals surface area contributed by atoms with E-state index in [2.05, 4.69) is 5.32 Å². The van der Waals surface area contributed by atoms with Crippen LogP contribution in [0.4, 0.5) is 9.59 Å². The summed E-state index contributed by atoms with van der Waals surface area (Å²) in [7, 11) is 2.77. The summed E-state index contributed by atoms with van der Waals surface area (Å²) in [5, 5.41) is 16.7. The Balaban J connectivity index is 1.23. The maximum absolute atomic E-state index is 15.9. The molecule has 19 nitrogen and oxygen atoms in total. The Labute approximate surface area is 431 Å². The van der Waals surface area contributed by atoms with Gasteiger partial charge in [-0.05, 0) is 76.3 Å². The topological polar surface area (TPSA) is 236 Å². The number of ketones is 1. The number of hydrogen-bond acceptors (Lipinski definition) is 18. The molecule has 8 rings (SSSR count). The van der Waals surface area contributed by atoms with E-state index < -0.39 is 130 Å². The third-order valence-electron chi connectivity index (χ3n) is 16.2. The van der Waals surface area contributed by atoms with Crippen LogP contribution in [0.3, 0.4) is 0 Å². The molecule has 74 heavy (non-hydrogen) atoms. The van der Waals surface area contributed by atoms with Crippen LogP contribution in [0.15, 0.2) is 71.8 Å². The van der Waals surface area contributed by atoms with Crippen LogP contribution in [-0.4, -0.2) is 140 Å². The van der Waals surface area contributed by atoms with Crippen molar-refractivity contribution < 1.29 is 86.0 Å². The molecular formula is C55H71NO18. The Morgan fingerprint density at radius 1 is 0.905 bits per heavy atom. The molecule has 2 heterocycles. The molecule has 6 aliphatic rings. The quantitative estimate of drug-likeness (QED) is 0.119. The highest BCUT2D eigenvalue weighted by Gasteiger charge is 2.78. The van der Waals surface area contributed by atoms with Crippen LogP contribution in [0.25, 0.3) is 0 Å². The summed E-state index contributed by atoms with van der Waals surface area (Å²) in [4.78, 5) is 86.6. The van der Waals surface area contributed by atoms with Gasteiger partial charge >= 0.3 is 30.2 Å². The van der Waals surface area contributed by atoms with Crippen LogP contribution in [0.5, 0.6) is 0 Å². The summed E-state index contributed by atoms with van der Waals surface area (Å²) in [5.41, 5.74) is -7.31. The molecule has 5 fully saturated rings. The summed E-state index contributed by atoms with van der Waals surface area (Å²) >= 11 is 0. The number of benzene rings is 2. The number of carbonyl (C=O) groups is 6. The van der Waals surface area contributed by atoms with Gasteiger partial charge in [0.1, 0.15) is 54.4 Å². The highest BCUT2D eigenvalue weighted by atomic mass is 16.8. The molecule has 0 aromatic heterocycles. The molecule has 19 heteroatoms. The Kier molecular flexibility index (Phi) is 15.5. The van der Waals surface area contributed by atoms with Gasteiger partial charge in [-0.2, -0.15) is 0 Å². The smallest absolute Gasteiger partial charge is 0.455 e. The lowest BCUT2D eigenvalue weighted by Gasteiger charge is -2.67. The fraction of sp³-hybridized carbons (Fsp3) is 0.636. The van der Waals surface area contributed by atoms with Crippen molar-refractivity contribution in [2.45, 2.75) is 172 Å². The van der Waals surface area contributed by atoms with E-state index >= 15 is 9.59 Å². The van der Waals surface area contributed by atoms with Gasteiger partial charge < -0.3 is 62.5 Å². The number of nitrogens with one attached hydrogen (secondary N) is 1. The zero-order chi connectivity index (χ0) is 53.6. The summed E-state index contributed by atoms with van der Waals surface area (Å²) in [6.07, 6.45) is -7.46.